The van der Waals surface area contributed by atoms with Crippen LogP contribution in [0.4, 0.5) is 0 Å². The summed E-state index contributed by atoms with van der Waals surface area (Å²) in [5.74, 6) is 6.80. The van der Waals surface area contributed by atoms with Gasteiger partial charge in [0.25, 0.3) is 0 Å². The van der Waals surface area contributed by atoms with Crippen molar-refractivity contribution in [3.63, 3.8) is 0 Å². The highest BCUT2D eigenvalue weighted by molar-refractivity contribution is 6.31. The summed E-state index contributed by atoms with van der Waals surface area (Å²) in [4.78, 5) is 2.50. The molecule has 2 aliphatic rings. The molecule has 1 aliphatic carbocycles. The van der Waals surface area contributed by atoms with Gasteiger partial charge in [0.1, 0.15) is 0 Å². The third-order valence-electron chi connectivity index (χ3n) is 4.49. The lowest BCUT2D eigenvalue weighted by Gasteiger charge is -2.19. The Kier molecular flexibility index (Phi) is 4.06. The molecule has 20 heavy (non-hydrogen) atoms. The van der Waals surface area contributed by atoms with Gasteiger partial charge in [-0.15, -0.1) is 0 Å². The lowest BCUT2D eigenvalue weighted by Crippen LogP contribution is -2.24. The summed E-state index contributed by atoms with van der Waals surface area (Å²) >= 11 is 6.55. The first-order valence-corrected chi connectivity index (χ1v) is 8.10. The van der Waals surface area contributed by atoms with Crippen LogP contribution in [0.5, 0.6) is 0 Å². The highest BCUT2D eigenvalue weighted by atomic mass is 35.5. The molecule has 2 heteroatoms. The molecule has 1 heterocycles. The minimum absolute atomic E-state index is 0.570. The molecule has 0 aromatic heterocycles. The quantitative estimate of drug-likeness (QED) is 0.686. The fourth-order valence-corrected chi connectivity index (χ4v) is 3.51. The molecule has 1 aromatic rings. The maximum atomic E-state index is 6.55. The Bertz CT molecular complexity index is 577. The maximum Gasteiger partial charge on any atom is 0.0453 e. The van der Waals surface area contributed by atoms with Gasteiger partial charge >= 0.3 is 0 Å². The van der Waals surface area contributed by atoms with E-state index < -0.39 is 0 Å². The first-order valence-electron chi connectivity index (χ1n) is 7.73. The minimum atomic E-state index is 0.570. The van der Waals surface area contributed by atoms with E-state index in [1.807, 2.05) is 0 Å². The standard InChI is InChI=1S/C18H22ClN/c1-13(2)20-11-14-10-18(19)16-9-7-5-3-4-6-8-15(16)17(14)12-20/h10,13H,3-5,7,9,11-12H2,1-2H3. The molecule has 0 spiro atoms. The van der Waals surface area contributed by atoms with E-state index in [-0.39, 0.29) is 0 Å². The summed E-state index contributed by atoms with van der Waals surface area (Å²) in [6.45, 7) is 6.56. The summed E-state index contributed by atoms with van der Waals surface area (Å²) in [6, 6.07) is 2.76. The largest absolute Gasteiger partial charge is 0.292 e. The average molecular weight is 288 g/mol. The van der Waals surface area contributed by atoms with Crippen molar-refractivity contribution in [1.29, 1.82) is 0 Å². The first-order chi connectivity index (χ1) is 9.66. The summed E-state index contributed by atoms with van der Waals surface area (Å²) in [7, 11) is 0. The number of benzene rings is 1. The summed E-state index contributed by atoms with van der Waals surface area (Å²) in [6.07, 6.45) is 5.81. The monoisotopic (exact) mass is 287 g/mol. The Hall–Kier alpha value is -0.970. The molecule has 0 radical (unpaired) electrons. The molecule has 1 aliphatic heterocycles. The Morgan fingerprint density at radius 2 is 2.00 bits per heavy atom. The number of nitrogens with zero attached hydrogens (tertiary/aromatic N) is 1. The highest BCUT2D eigenvalue weighted by Gasteiger charge is 2.26. The third kappa shape index (κ3) is 2.60. The van der Waals surface area contributed by atoms with Crippen LogP contribution >= 0.6 is 11.6 Å². The number of halogens is 1. The van der Waals surface area contributed by atoms with E-state index in [1.165, 1.54) is 41.5 Å². The van der Waals surface area contributed by atoms with E-state index >= 15 is 0 Å². The van der Waals surface area contributed by atoms with Crippen molar-refractivity contribution in [2.24, 2.45) is 0 Å². The predicted octanol–water partition coefficient (Wildman–Crippen LogP) is 4.53. The number of rotatable bonds is 1. The SMILES string of the molecule is CC(C)N1Cc2cc(Cl)c3c(c2C1)C#CCCCCC3. The van der Waals surface area contributed by atoms with Gasteiger partial charge in [0.05, 0.1) is 0 Å². The van der Waals surface area contributed by atoms with Crippen LogP contribution in [0, 0.1) is 11.8 Å². The maximum absolute atomic E-state index is 6.55. The van der Waals surface area contributed by atoms with Gasteiger partial charge in [0, 0.05) is 36.1 Å². The zero-order valence-electron chi connectivity index (χ0n) is 12.4. The van der Waals surface area contributed by atoms with Gasteiger partial charge in [-0.3, -0.25) is 4.90 Å². The number of fused-ring (bicyclic) bond motifs is 3. The van der Waals surface area contributed by atoms with Crippen molar-refractivity contribution in [3.05, 3.63) is 33.3 Å². The van der Waals surface area contributed by atoms with E-state index in [1.54, 1.807) is 0 Å². The van der Waals surface area contributed by atoms with Crippen molar-refractivity contribution < 1.29 is 0 Å². The van der Waals surface area contributed by atoms with Crippen molar-refractivity contribution in [2.75, 3.05) is 0 Å². The highest BCUT2D eigenvalue weighted by Crippen LogP contribution is 2.34. The molecule has 1 nitrogen and oxygen atoms in total. The fourth-order valence-electron chi connectivity index (χ4n) is 3.19. The van der Waals surface area contributed by atoms with Crippen LogP contribution in [0.1, 0.15) is 61.8 Å². The Morgan fingerprint density at radius 3 is 2.80 bits per heavy atom. The van der Waals surface area contributed by atoms with Crippen LogP contribution in [-0.2, 0) is 19.5 Å². The molecule has 0 atom stereocenters. The minimum Gasteiger partial charge on any atom is -0.292 e. The molecule has 0 N–H and O–H groups in total. The van der Waals surface area contributed by atoms with E-state index in [4.69, 9.17) is 11.6 Å². The average Bonchev–Trinajstić information content (AvgIpc) is 2.85. The molecule has 0 saturated carbocycles. The molecule has 0 bridgehead atoms. The number of hydrogen-bond donors (Lipinski definition) is 0. The zero-order valence-corrected chi connectivity index (χ0v) is 13.2. The van der Waals surface area contributed by atoms with Crippen molar-refractivity contribution >= 4 is 11.6 Å². The normalized spacial score (nSPS) is 18.6. The topological polar surface area (TPSA) is 3.24 Å². The van der Waals surface area contributed by atoms with Gasteiger partial charge in [0.2, 0.25) is 0 Å². The van der Waals surface area contributed by atoms with Gasteiger partial charge in [-0.1, -0.05) is 29.9 Å². The van der Waals surface area contributed by atoms with E-state index in [0.717, 1.165) is 31.0 Å². The van der Waals surface area contributed by atoms with Crippen LogP contribution < -0.4 is 0 Å². The second-order valence-electron chi connectivity index (χ2n) is 6.21. The zero-order chi connectivity index (χ0) is 14.1. The molecule has 0 amide bonds. The molecule has 1 aromatic carbocycles. The van der Waals surface area contributed by atoms with Gasteiger partial charge < -0.3 is 0 Å². The molecular formula is C18H22ClN. The Balaban J connectivity index is 2.07. The van der Waals surface area contributed by atoms with Gasteiger partial charge in [-0.25, -0.2) is 0 Å². The second-order valence-corrected chi connectivity index (χ2v) is 6.62. The van der Waals surface area contributed by atoms with Crippen LogP contribution in [0.15, 0.2) is 6.07 Å². The Morgan fingerprint density at radius 1 is 1.15 bits per heavy atom. The first kappa shape index (κ1) is 14.0. The lowest BCUT2D eigenvalue weighted by atomic mass is 9.95. The molecule has 0 saturated heterocycles. The molecule has 3 rings (SSSR count). The number of hydrogen-bond acceptors (Lipinski definition) is 1. The van der Waals surface area contributed by atoms with Crippen molar-refractivity contribution in [3.8, 4) is 11.8 Å². The van der Waals surface area contributed by atoms with Gasteiger partial charge in [-0.2, -0.15) is 0 Å². The molecule has 106 valence electrons. The van der Waals surface area contributed by atoms with Gasteiger partial charge in [0.15, 0.2) is 0 Å². The molecular weight excluding hydrogens is 266 g/mol. The predicted molar refractivity (Wildman–Crippen MR) is 84.9 cm³/mol. The summed E-state index contributed by atoms with van der Waals surface area (Å²) in [5, 5.41) is 0.931. The van der Waals surface area contributed by atoms with Crippen molar-refractivity contribution in [1.82, 2.24) is 4.90 Å². The van der Waals surface area contributed by atoms with Crippen LogP contribution in [0.2, 0.25) is 5.02 Å². The van der Waals surface area contributed by atoms with Gasteiger partial charge in [-0.05, 0) is 55.9 Å². The second kappa shape index (κ2) is 5.80. The third-order valence-corrected chi connectivity index (χ3v) is 4.82. The summed E-state index contributed by atoms with van der Waals surface area (Å²) in [5.41, 5.74) is 5.37. The van der Waals surface area contributed by atoms with Crippen LogP contribution in [0.3, 0.4) is 0 Å². The Labute approximate surface area is 127 Å². The van der Waals surface area contributed by atoms with E-state index in [0.29, 0.717) is 6.04 Å². The molecule has 0 unspecified atom stereocenters. The van der Waals surface area contributed by atoms with Crippen molar-refractivity contribution in [2.45, 2.75) is 65.1 Å². The van der Waals surface area contributed by atoms with E-state index in [2.05, 4.69) is 36.7 Å². The molecule has 0 fully saturated rings. The fraction of sp³-hybridized carbons (Fsp3) is 0.556. The van der Waals surface area contributed by atoms with E-state index in [9.17, 15) is 0 Å². The lowest BCUT2D eigenvalue weighted by molar-refractivity contribution is 0.227. The van der Waals surface area contributed by atoms with Crippen LogP contribution in [-0.4, -0.2) is 10.9 Å². The smallest absolute Gasteiger partial charge is 0.0453 e. The summed E-state index contributed by atoms with van der Waals surface area (Å²) < 4.78 is 0. The van der Waals surface area contributed by atoms with Crippen LogP contribution in [0.25, 0.3) is 0 Å².